The zero-order chi connectivity index (χ0) is 14.8. The van der Waals surface area contributed by atoms with Crippen molar-refractivity contribution in [2.24, 2.45) is 0 Å². The highest BCUT2D eigenvalue weighted by Gasteiger charge is 2.15. The van der Waals surface area contributed by atoms with E-state index >= 15 is 0 Å². The number of hydrogen-bond acceptors (Lipinski definition) is 1. The molecule has 2 aromatic carbocycles. The Balaban J connectivity index is 2.06. The van der Waals surface area contributed by atoms with Crippen molar-refractivity contribution in [1.29, 1.82) is 0 Å². The van der Waals surface area contributed by atoms with Crippen LogP contribution in [0.15, 0.2) is 47.4 Å². The van der Waals surface area contributed by atoms with E-state index in [0.717, 1.165) is 20.7 Å². The molecule has 2 aromatic rings. The molecule has 0 nitrogen and oxygen atoms in total. The van der Waals surface area contributed by atoms with E-state index in [2.05, 4.69) is 43.9 Å². The second-order valence-corrected chi connectivity index (χ2v) is 12.7. The van der Waals surface area contributed by atoms with Gasteiger partial charge < -0.3 is 0 Å². The SMILES string of the molecule is C[Si](C)(C)c1ccc(CSc2cc(Cl)ccc2Cl)cc1. The van der Waals surface area contributed by atoms with Crippen LogP contribution in [-0.4, -0.2) is 8.07 Å². The van der Waals surface area contributed by atoms with E-state index in [0.29, 0.717) is 0 Å². The van der Waals surface area contributed by atoms with Crippen LogP contribution in [-0.2, 0) is 5.75 Å². The third-order valence-corrected chi connectivity index (χ3v) is 6.98. The molecule has 0 atom stereocenters. The smallest absolute Gasteiger partial charge is 0.0775 e. The predicted molar refractivity (Wildman–Crippen MR) is 95.4 cm³/mol. The van der Waals surface area contributed by atoms with Crippen molar-refractivity contribution >= 4 is 48.2 Å². The largest absolute Gasteiger partial charge is 0.120 e. The van der Waals surface area contributed by atoms with Gasteiger partial charge in [-0.1, -0.05) is 72.3 Å². The highest BCUT2D eigenvalue weighted by atomic mass is 35.5. The summed E-state index contributed by atoms with van der Waals surface area (Å²) in [6.07, 6.45) is 0. The van der Waals surface area contributed by atoms with E-state index in [1.54, 1.807) is 11.8 Å². The lowest BCUT2D eigenvalue weighted by Crippen LogP contribution is -2.37. The highest BCUT2D eigenvalue weighted by Crippen LogP contribution is 2.31. The van der Waals surface area contributed by atoms with Crippen molar-refractivity contribution in [3.63, 3.8) is 0 Å². The van der Waals surface area contributed by atoms with Crippen LogP contribution < -0.4 is 5.19 Å². The summed E-state index contributed by atoms with van der Waals surface area (Å²) in [5, 5.41) is 2.98. The number of rotatable bonds is 4. The average molecular weight is 341 g/mol. The first kappa shape index (κ1) is 16.0. The van der Waals surface area contributed by atoms with Gasteiger partial charge in [0.25, 0.3) is 0 Å². The first-order valence-electron chi connectivity index (χ1n) is 6.53. The van der Waals surface area contributed by atoms with E-state index < -0.39 is 8.07 Å². The maximum atomic E-state index is 6.17. The van der Waals surface area contributed by atoms with Crippen molar-refractivity contribution in [3.8, 4) is 0 Å². The Morgan fingerprint density at radius 1 is 0.950 bits per heavy atom. The quantitative estimate of drug-likeness (QED) is 0.498. The lowest BCUT2D eigenvalue weighted by Gasteiger charge is -2.16. The van der Waals surface area contributed by atoms with Crippen LogP contribution in [0.4, 0.5) is 0 Å². The summed E-state index contributed by atoms with van der Waals surface area (Å²) in [7, 11) is -1.20. The molecule has 0 heterocycles. The first-order chi connectivity index (χ1) is 9.36. The summed E-state index contributed by atoms with van der Waals surface area (Å²) in [6.45, 7) is 7.09. The van der Waals surface area contributed by atoms with Gasteiger partial charge in [-0.3, -0.25) is 0 Å². The summed E-state index contributed by atoms with van der Waals surface area (Å²) in [6, 6.07) is 14.6. The number of thioether (sulfide) groups is 1. The molecule has 0 radical (unpaired) electrons. The molecule has 0 saturated heterocycles. The Hall–Kier alpha value is -0.413. The average Bonchev–Trinajstić information content (AvgIpc) is 2.39. The van der Waals surface area contributed by atoms with Gasteiger partial charge in [0.05, 0.1) is 13.1 Å². The van der Waals surface area contributed by atoms with Gasteiger partial charge in [-0.25, -0.2) is 0 Å². The van der Waals surface area contributed by atoms with Gasteiger partial charge in [-0.15, -0.1) is 11.8 Å². The van der Waals surface area contributed by atoms with Gasteiger partial charge in [0.2, 0.25) is 0 Å². The lowest BCUT2D eigenvalue weighted by molar-refractivity contribution is 1.38. The summed E-state index contributed by atoms with van der Waals surface area (Å²) >= 11 is 13.9. The molecule has 0 N–H and O–H groups in total. The highest BCUT2D eigenvalue weighted by molar-refractivity contribution is 7.98. The minimum Gasteiger partial charge on any atom is -0.120 e. The van der Waals surface area contributed by atoms with Crippen LogP contribution in [0, 0.1) is 0 Å². The van der Waals surface area contributed by atoms with E-state index in [9.17, 15) is 0 Å². The van der Waals surface area contributed by atoms with Crippen LogP contribution in [0.5, 0.6) is 0 Å². The zero-order valence-electron chi connectivity index (χ0n) is 11.9. The molecule has 2 rings (SSSR count). The molecule has 106 valence electrons. The fourth-order valence-corrected chi connectivity index (χ4v) is 4.47. The standard InChI is InChI=1S/C16H18Cl2SSi/c1-20(2,3)14-7-4-12(5-8-14)11-19-16-10-13(17)6-9-15(16)18/h4-10H,11H2,1-3H3. The molecule has 0 aliphatic heterocycles. The maximum absolute atomic E-state index is 6.17. The molecule has 0 unspecified atom stereocenters. The number of halogens is 2. The molecule has 0 saturated carbocycles. The Labute approximate surface area is 136 Å². The van der Waals surface area contributed by atoms with Gasteiger partial charge in [0, 0.05) is 15.7 Å². The van der Waals surface area contributed by atoms with Gasteiger partial charge in [-0.2, -0.15) is 0 Å². The molecule has 4 heteroatoms. The third-order valence-electron chi connectivity index (χ3n) is 3.11. The van der Waals surface area contributed by atoms with Crippen LogP contribution in [0.2, 0.25) is 29.7 Å². The van der Waals surface area contributed by atoms with Crippen molar-refractivity contribution in [1.82, 2.24) is 0 Å². The van der Waals surface area contributed by atoms with Gasteiger partial charge in [0.1, 0.15) is 0 Å². The molecule has 0 aliphatic carbocycles. The maximum Gasteiger partial charge on any atom is 0.0775 e. The van der Waals surface area contributed by atoms with E-state index in [4.69, 9.17) is 23.2 Å². The minimum atomic E-state index is -1.20. The molecular formula is C16H18Cl2SSi. The van der Waals surface area contributed by atoms with Crippen LogP contribution in [0.1, 0.15) is 5.56 Å². The Kier molecular flexibility index (Phi) is 5.24. The number of hydrogen-bond donors (Lipinski definition) is 0. The Morgan fingerprint density at radius 2 is 1.60 bits per heavy atom. The molecule has 20 heavy (non-hydrogen) atoms. The molecular weight excluding hydrogens is 323 g/mol. The van der Waals surface area contributed by atoms with Crippen molar-refractivity contribution in [2.75, 3.05) is 0 Å². The Bertz CT molecular complexity index is 588. The second kappa shape index (κ2) is 6.57. The van der Waals surface area contributed by atoms with Crippen molar-refractivity contribution in [2.45, 2.75) is 30.3 Å². The van der Waals surface area contributed by atoms with Crippen LogP contribution in [0.3, 0.4) is 0 Å². The fourth-order valence-electron chi connectivity index (χ4n) is 1.85. The molecule has 0 amide bonds. The van der Waals surface area contributed by atoms with E-state index in [1.807, 2.05) is 18.2 Å². The lowest BCUT2D eigenvalue weighted by atomic mass is 10.2. The predicted octanol–water partition coefficient (Wildman–Crippen LogP) is 5.83. The van der Waals surface area contributed by atoms with Gasteiger partial charge in [0.15, 0.2) is 0 Å². The molecule has 0 aromatic heterocycles. The summed E-state index contributed by atoms with van der Waals surface area (Å²) in [5.41, 5.74) is 1.31. The topological polar surface area (TPSA) is 0 Å². The minimum absolute atomic E-state index is 0.728. The zero-order valence-corrected chi connectivity index (χ0v) is 15.2. The van der Waals surface area contributed by atoms with Crippen molar-refractivity contribution in [3.05, 3.63) is 58.1 Å². The van der Waals surface area contributed by atoms with Crippen molar-refractivity contribution < 1.29 is 0 Å². The second-order valence-electron chi connectivity index (χ2n) is 5.81. The number of benzene rings is 2. The first-order valence-corrected chi connectivity index (χ1v) is 11.8. The summed E-state index contributed by atoms with van der Waals surface area (Å²) < 4.78 is 0. The summed E-state index contributed by atoms with van der Waals surface area (Å²) in [4.78, 5) is 1.04. The van der Waals surface area contributed by atoms with Crippen LogP contribution in [0.25, 0.3) is 0 Å². The molecule has 0 bridgehead atoms. The third kappa shape index (κ3) is 4.29. The van der Waals surface area contributed by atoms with Gasteiger partial charge in [-0.05, 0) is 23.8 Å². The summed E-state index contributed by atoms with van der Waals surface area (Å²) in [5.74, 6) is 0.909. The Morgan fingerprint density at radius 3 is 2.20 bits per heavy atom. The normalized spacial score (nSPS) is 11.7. The van der Waals surface area contributed by atoms with Crippen LogP contribution >= 0.6 is 35.0 Å². The molecule has 0 aliphatic rings. The van der Waals surface area contributed by atoms with E-state index in [1.165, 1.54) is 10.8 Å². The van der Waals surface area contributed by atoms with Gasteiger partial charge >= 0.3 is 0 Å². The fraction of sp³-hybridized carbons (Fsp3) is 0.250. The van der Waals surface area contributed by atoms with E-state index in [-0.39, 0.29) is 0 Å². The monoisotopic (exact) mass is 340 g/mol. The molecule has 0 spiro atoms. The molecule has 0 fully saturated rings.